The summed E-state index contributed by atoms with van der Waals surface area (Å²) < 4.78 is 4.82. The van der Waals surface area contributed by atoms with Gasteiger partial charge in [0.25, 0.3) is 5.82 Å². The van der Waals surface area contributed by atoms with Crippen LogP contribution < -0.4 is 0 Å². The lowest BCUT2D eigenvalue weighted by atomic mass is 9.81. The van der Waals surface area contributed by atoms with Gasteiger partial charge in [-0.1, -0.05) is 13.8 Å². The van der Waals surface area contributed by atoms with Crippen molar-refractivity contribution < 1.29 is 14.4 Å². The molecule has 1 atom stereocenters. The van der Waals surface area contributed by atoms with Crippen LogP contribution >= 0.6 is 0 Å². The summed E-state index contributed by atoms with van der Waals surface area (Å²) in [6.07, 6.45) is 1.57. The molecule has 16 heavy (non-hydrogen) atoms. The van der Waals surface area contributed by atoms with Crippen molar-refractivity contribution in [2.45, 2.75) is 33.1 Å². The van der Waals surface area contributed by atoms with Gasteiger partial charge in [0.15, 0.2) is 0 Å². The Labute approximate surface area is 92.9 Å². The van der Waals surface area contributed by atoms with Crippen molar-refractivity contribution in [3.8, 4) is 6.07 Å². The third-order valence-electron chi connectivity index (χ3n) is 2.60. The Hall–Kier alpha value is -1.90. The van der Waals surface area contributed by atoms with Crippen LogP contribution in [0.1, 0.15) is 43.2 Å². The van der Waals surface area contributed by atoms with Gasteiger partial charge in [-0.15, -0.1) is 0 Å². The van der Waals surface area contributed by atoms with Crippen LogP contribution in [0.25, 0.3) is 0 Å². The zero-order chi connectivity index (χ0) is 12.2. The highest BCUT2D eigenvalue weighted by atomic mass is 16.5. The van der Waals surface area contributed by atoms with Gasteiger partial charge in [-0.2, -0.15) is 10.2 Å². The number of carbonyl (C=O) groups is 1. The summed E-state index contributed by atoms with van der Waals surface area (Å²) >= 11 is 0. The van der Waals surface area contributed by atoms with Gasteiger partial charge in [-0.05, 0) is 17.0 Å². The SMILES string of the molecule is CCC(C)(CC#N)Cc1nc(C(=O)O)no1. The van der Waals surface area contributed by atoms with Gasteiger partial charge in [0.05, 0.1) is 6.07 Å². The molecule has 6 nitrogen and oxygen atoms in total. The lowest BCUT2D eigenvalue weighted by Crippen LogP contribution is -2.18. The zero-order valence-electron chi connectivity index (χ0n) is 9.23. The van der Waals surface area contributed by atoms with Crippen LogP contribution in [-0.4, -0.2) is 21.2 Å². The van der Waals surface area contributed by atoms with E-state index in [2.05, 4.69) is 16.2 Å². The van der Waals surface area contributed by atoms with Crippen molar-refractivity contribution in [2.75, 3.05) is 0 Å². The molecule has 1 unspecified atom stereocenters. The average molecular weight is 223 g/mol. The number of rotatable bonds is 5. The Balaban J connectivity index is 2.79. The molecular formula is C10H13N3O3. The van der Waals surface area contributed by atoms with Crippen molar-refractivity contribution in [2.24, 2.45) is 5.41 Å². The van der Waals surface area contributed by atoms with Gasteiger partial charge in [-0.25, -0.2) is 4.79 Å². The third kappa shape index (κ3) is 2.79. The Morgan fingerprint density at radius 1 is 1.69 bits per heavy atom. The van der Waals surface area contributed by atoms with E-state index in [1.54, 1.807) is 0 Å². The smallest absolute Gasteiger partial charge is 0.377 e. The Morgan fingerprint density at radius 3 is 2.81 bits per heavy atom. The third-order valence-corrected chi connectivity index (χ3v) is 2.60. The van der Waals surface area contributed by atoms with Crippen molar-refractivity contribution in [3.05, 3.63) is 11.7 Å². The highest BCUT2D eigenvalue weighted by molar-refractivity contribution is 5.82. The first kappa shape index (κ1) is 12.2. The first-order valence-electron chi connectivity index (χ1n) is 4.93. The fraction of sp³-hybridized carbons (Fsp3) is 0.600. The minimum Gasteiger partial charge on any atom is -0.475 e. The van der Waals surface area contributed by atoms with Crippen LogP contribution in [0, 0.1) is 16.7 Å². The van der Waals surface area contributed by atoms with Crippen LogP contribution in [0.2, 0.25) is 0 Å². The number of carboxylic acids is 1. The van der Waals surface area contributed by atoms with E-state index in [9.17, 15) is 4.79 Å². The van der Waals surface area contributed by atoms with E-state index in [0.29, 0.717) is 12.8 Å². The molecule has 0 amide bonds. The number of carboxylic acid groups (broad SMARTS) is 1. The lowest BCUT2D eigenvalue weighted by molar-refractivity contribution is 0.0680. The van der Waals surface area contributed by atoms with Gasteiger partial charge < -0.3 is 9.63 Å². The molecule has 1 heterocycles. The van der Waals surface area contributed by atoms with Crippen molar-refractivity contribution >= 4 is 5.97 Å². The molecule has 86 valence electrons. The molecule has 0 saturated carbocycles. The highest BCUT2D eigenvalue weighted by Gasteiger charge is 2.26. The summed E-state index contributed by atoms with van der Waals surface area (Å²) in [7, 11) is 0. The van der Waals surface area contributed by atoms with E-state index in [1.165, 1.54) is 0 Å². The summed E-state index contributed by atoms with van der Waals surface area (Å²) in [6.45, 7) is 3.90. The number of nitrogens with zero attached hydrogens (tertiary/aromatic N) is 3. The van der Waals surface area contributed by atoms with E-state index in [0.717, 1.165) is 6.42 Å². The minimum absolute atomic E-state index is 0.253. The number of aromatic nitrogens is 2. The highest BCUT2D eigenvalue weighted by Crippen LogP contribution is 2.29. The first-order valence-corrected chi connectivity index (χ1v) is 4.93. The van der Waals surface area contributed by atoms with E-state index >= 15 is 0 Å². The average Bonchev–Trinajstić information content (AvgIpc) is 2.66. The fourth-order valence-corrected chi connectivity index (χ4v) is 1.28. The van der Waals surface area contributed by atoms with Gasteiger partial charge >= 0.3 is 5.97 Å². The molecule has 1 aromatic rings. The Morgan fingerprint density at radius 2 is 2.38 bits per heavy atom. The molecule has 0 saturated heterocycles. The quantitative estimate of drug-likeness (QED) is 0.814. The Bertz CT molecular complexity index is 421. The normalized spacial score (nSPS) is 14.1. The summed E-state index contributed by atoms with van der Waals surface area (Å²) in [6, 6.07) is 2.10. The summed E-state index contributed by atoms with van der Waals surface area (Å²) in [5, 5.41) is 20.6. The molecular weight excluding hydrogens is 210 g/mol. The van der Waals surface area contributed by atoms with Crippen LogP contribution in [0.3, 0.4) is 0 Å². The second kappa shape index (κ2) is 4.75. The van der Waals surface area contributed by atoms with Crippen LogP contribution in [0.15, 0.2) is 4.52 Å². The van der Waals surface area contributed by atoms with Gasteiger partial charge in [0, 0.05) is 12.8 Å². The number of hydrogen-bond acceptors (Lipinski definition) is 5. The standard InChI is InChI=1S/C10H13N3O3/c1-3-10(2,4-5-11)6-7-12-8(9(14)15)13-16-7/h3-4,6H2,1-2H3,(H,14,15). The maximum absolute atomic E-state index is 10.5. The van der Waals surface area contributed by atoms with E-state index in [-0.39, 0.29) is 17.1 Å². The molecule has 1 rings (SSSR count). The fourth-order valence-electron chi connectivity index (χ4n) is 1.28. The molecule has 0 aliphatic heterocycles. The van der Waals surface area contributed by atoms with E-state index in [1.807, 2.05) is 13.8 Å². The maximum atomic E-state index is 10.5. The molecule has 6 heteroatoms. The molecule has 0 radical (unpaired) electrons. The summed E-state index contributed by atoms with van der Waals surface area (Å²) in [5.74, 6) is -1.30. The molecule has 0 aliphatic carbocycles. The number of aromatic carboxylic acids is 1. The zero-order valence-corrected chi connectivity index (χ0v) is 9.23. The first-order chi connectivity index (χ1) is 7.50. The molecule has 0 fully saturated rings. The summed E-state index contributed by atoms with van der Waals surface area (Å²) in [4.78, 5) is 14.3. The number of hydrogen-bond donors (Lipinski definition) is 1. The molecule has 1 N–H and O–H groups in total. The Kier molecular flexibility index (Phi) is 3.61. The maximum Gasteiger partial charge on any atom is 0.377 e. The predicted octanol–water partition coefficient (Wildman–Crippen LogP) is 1.64. The summed E-state index contributed by atoms with van der Waals surface area (Å²) in [5.41, 5.74) is -0.253. The second-order valence-corrected chi connectivity index (χ2v) is 3.99. The topological polar surface area (TPSA) is 100 Å². The van der Waals surface area contributed by atoms with Gasteiger partial charge in [0.1, 0.15) is 0 Å². The van der Waals surface area contributed by atoms with Crippen LogP contribution in [-0.2, 0) is 6.42 Å². The largest absolute Gasteiger partial charge is 0.475 e. The predicted molar refractivity (Wildman–Crippen MR) is 53.6 cm³/mol. The van der Waals surface area contributed by atoms with Crippen molar-refractivity contribution in [1.29, 1.82) is 5.26 Å². The number of nitriles is 1. The molecule has 0 spiro atoms. The van der Waals surface area contributed by atoms with Crippen molar-refractivity contribution in [1.82, 2.24) is 10.1 Å². The molecule has 0 aliphatic rings. The molecule has 0 aromatic carbocycles. The van der Waals surface area contributed by atoms with E-state index < -0.39 is 5.97 Å². The van der Waals surface area contributed by atoms with Gasteiger partial charge in [0.2, 0.25) is 5.89 Å². The van der Waals surface area contributed by atoms with E-state index in [4.69, 9.17) is 14.9 Å². The molecule has 1 aromatic heterocycles. The van der Waals surface area contributed by atoms with Crippen LogP contribution in [0.5, 0.6) is 0 Å². The lowest BCUT2D eigenvalue weighted by Gasteiger charge is -2.22. The van der Waals surface area contributed by atoms with Crippen molar-refractivity contribution in [3.63, 3.8) is 0 Å². The second-order valence-electron chi connectivity index (χ2n) is 3.99. The monoisotopic (exact) mass is 223 g/mol. The minimum atomic E-state index is -1.21. The molecule has 0 bridgehead atoms. The van der Waals surface area contributed by atoms with Crippen LogP contribution in [0.4, 0.5) is 0 Å². The van der Waals surface area contributed by atoms with Gasteiger partial charge in [-0.3, -0.25) is 0 Å².